The standard InChI is InChI=1S/C9H9ClO4S/c10-7-2-1-6(15-7)3-5(9(13)14)4-8(11)12/h1-2,5H,3-4H2,(H,11,12)(H,13,14). The van der Waals surface area contributed by atoms with Gasteiger partial charge in [-0.15, -0.1) is 11.3 Å². The van der Waals surface area contributed by atoms with E-state index in [2.05, 4.69) is 0 Å². The largest absolute Gasteiger partial charge is 0.481 e. The minimum absolute atomic E-state index is 0.207. The second-order valence-corrected chi connectivity index (χ2v) is 4.84. The van der Waals surface area contributed by atoms with Gasteiger partial charge in [-0.2, -0.15) is 0 Å². The van der Waals surface area contributed by atoms with Crippen molar-refractivity contribution in [3.05, 3.63) is 21.3 Å². The van der Waals surface area contributed by atoms with Gasteiger partial charge >= 0.3 is 11.9 Å². The quantitative estimate of drug-likeness (QED) is 0.837. The van der Waals surface area contributed by atoms with Crippen molar-refractivity contribution in [2.24, 2.45) is 5.92 Å². The minimum atomic E-state index is -1.11. The highest BCUT2D eigenvalue weighted by molar-refractivity contribution is 7.16. The maximum absolute atomic E-state index is 10.8. The second-order valence-electron chi connectivity index (χ2n) is 3.04. The number of rotatable bonds is 5. The lowest BCUT2D eigenvalue weighted by atomic mass is 10.0. The number of aliphatic carboxylic acids is 2. The zero-order valence-electron chi connectivity index (χ0n) is 7.64. The molecule has 6 heteroatoms. The van der Waals surface area contributed by atoms with Crippen LogP contribution in [0, 0.1) is 5.92 Å². The molecule has 2 N–H and O–H groups in total. The van der Waals surface area contributed by atoms with Crippen LogP contribution in [0.3, 0.4) is 0 Å². The van der Waals surface area contributed by atoms with E-state index in [1.54, 1.807) is 12.1 Å². The summed E-state index contributed by atoms with van der Waals surface area (Å²) in [4.78, 5) is 22.0. The third-order valence-corrected chi connectivity index (χ3v) is 3.10. The van der Waals surface area contributed by atoms with Crippen LogP contribution in [0.4, 0.5) is 0 Å². The molecule has 1 aromatic rings. The van der Waals surface area contributed by atoms with Gasteiger partial charge in [0.05, 0.1) is 16.7 Å². The van der Waals surface area contributed by atoms with Crippen molar-refractivity contribution < 1.29 is 19.8 Å². The first-order valence-electron chi connectivity index (χ1n) is 4.18. The highest BCUT2D eigenvalue weighted by Crippen LogP contribution is 2.24. The number of thiophene rings is 1. The maximum atomic E-state index is 10.8. The summed E-state index contributed by atoms with van der Waals surface area (Å²) in [6.45, 7) is 0. The summed E-state index contributed by atoms with van der Waals surface area (Å²) in [6, 6.07) is 3.38. The van der Waals surface area contributed by atoms with Crippen LogP contribution in [0.15, 0.2) is 12.1 Å². The SMILES string of the molecule is O=C(O)CC(Cc1ccc(Cl)s1)C(=O)O. The summed E-state index contributed by atoms with van der Waals surface area (Å²) in [6.07, 6.45) is -0.163. The van der Waals surface area contributed by atoms with E-state index < -0.39 is 17.9 Å². The van der Waals surface area contributed by atoms with Gasteiger partial charge in [-0.05, 0) is 18.6 Å². The molecule has 0 aromatic carbocycles. The monoisotopic (exact) mass is 248 g/mol. The van der Waals surface area contributed by atoms with E-state index in [-0.39, 0.29) is 12.8 Å². The van der Waals surface area contributed by atoms with Crippen molar-refractivity contribution in [3.8, 4) is 0 Å². The van der Waals surface area contributed by atoms with Crippen molar-refractivity contribution in [2.45, 2.75) is 12.8 Å². The molecule has 1 aromatic heterocycles. The van der Waals surface area contributed by atoms with E-state index in [1.807, 2.05) is 0 Å². The molecule has 0 bridgehead atoms. The lowest BCUT2D eigenvalue weighted by Gasteiger charge is -2.07. The average Bonchev–Trinajstić information content (AvgIpc) is 2.49. The van der Waals surface area contributed by atoms with Crippen LogP contribution in [-0.4, -0.2) is 22.2 Å². The molecule has 0 amide bonds. The Balaban J connectivity index is 2.66. The van der Waals surface area contributed by atoms with E-state index in [4.69, 9.17) is 21.8 Å². The molecule has 0 saturated carbocycles. The van der Waals surface area contributed by atoms with E-state index in [0.717, 1.165) is 4.88 Å². The summed E-state index contributed by atoms with van der Waals surface area (Å²) in [5, 5.41) is 17.3. The number of carboxylic acids is 2. The van der Waals surface area contributed by atoms with Crippen molar-refractivity contribution in [1.29, 1.82) is 0 Å². The molecule has 1 unspecified atom stereocenters. The number of carbonyl (C=O) groups is 2. The first-order chi connectivity index (χ1) is 6.99. The van der Waals surface area contributed by atoms with Crippen LogP contribution in [0.2, 0.25) is 4.34 Å². The van der Waals surface area contributed by atoms with Crippen LogP contribution in [-0.2, 0) is 16.0 Å². The van der Waals surface area contributed by atoms with Crippen molar-refractivity contribution >= 4 is 34.9 Å². The van der Waals surface area contributed by atoms with Gasteiger partial charge in [0, 0.05) is 4.88 Å². The van der Waals surface area contributed by atoms with Gasteiger partial charge in [0.15, 0.2) is 0 Å². The Hall–Kier alpha value is -1.07. The fraction of sp³-hybridized carbons (Fsp3) is 0.333. The number of halogens is 1. The maximum Gasteiger partial charge on any atom is 0.307 e. The van der Waals surface area contributed by atoms with E-state index in [1.165, 1.54) is 11.3 Å². The fourth-order valence-electron chi connectivity index (χ4n) is 1.16. The molecule has 0 fully saturated rings. The molecule has 0 saturated heterocycles. The topological polar surface area (TPSA) is 74.6 Å². The molecular weight excluding hydrogens is 240 g/mol. The Morgan fingerprint density at radius 2 is 2.07 bits per heavy atom. The molecular formula is C9H9ClO4S. The molecule has 15 heavy (non-hydrogen) atoms. The van der Waals surface area contributed by atoms with Crippen LogP contribution in [0.25, 0.3) is 0 Å². The van der Waals surface area contributed by atoms with Gasteiger partial charge < -0.3 is 10.2 Å². The van der Waals surface area contributed by atoms with Gasteiger partial charge in [-0.25, -0.2) is 0 Å². The van der Waals surface area contributed by atoms with Gasteiger partial charge in [-0.3, -0.25) is 9.59 Å². The lowest BCUT2D eigenvalue weighted by Crippen LogP contribution is -2.19. The number of hydrogen-bond acceptors (Lipinski definition) is 3. The zero-order valence-corrected chi connectivity index (χ0v) is 9.22. The summed E-state index contributed by atoms with van der Waals surface area (Å²) in [7, 11) is 0. The van der Waals surface area contributed by atoms with Crippen LogP contribution < -0.4 is 0 Å². The molecule has 1 atom stereocenters. The van der Waals surface area contributed by atoms with E-state index in [9.17, 15) is 9.59 Å². The molecule has 82 valence electrons. The van der Waals surface area contributed by atoms with E-state index in [0.29, 0.717) is 4.34 Å². The van der Waals surface area contributed by atoms with Crippen LogP contribution in [0.5, 0.6) is 0 Å². The van der Waals surface area contributed by atoms with Crippen LogP contribution >= 0.6 is 22.9 Å². The molecule has 1 rings (SSSR count). The average molecular weight is 249 g/mol. The first-order valence-corrected chi connectivity index (χ1v) is 5.37. The third-order valence-electron chi connectivity index (χ3n) is 1.85. The Kier molecular flexibility index (Phi) is 4.11. The van der Waals surface area contributed by atoms with Gasteiger partial charge in [0.1, 0.15) is 0 Å². The fourth-order valence-corrected chi connectivity index (χ4v) is 2.33. The van der Waals surface area contributed by atoms with Gasteiger partial charge in [0.2, 0.25) is 0 Å². The Labute approximate surface area is 95.1 Å². The third kappa shape index (κ3) is 3.89. The number of carboxylic acid groups (broad SMARTS) is 2. The Morgan fingerprint density at radius 1 is 1.40 bits per heavy atom. The molecule has 0 aliphatic carbocycles. The summed E-state index contributed by atoms with van der Waals surface area (Å²) in [5.74, 6) is -3.09. The van der Waals surface area contributed by atoms with E-state index >= 15 is 0 Å². The van der Waals surface area contributed by atoms with Crippen LogP contribution in [0.1, 0.15) is 11.3 Å². The first kappa shape index (κ1) is 12.0. The predicted octanol–water partition coefficient (Wildman–Crippen LogP) is 2.12. The molecule has 4 nitrogen and oxygen atoms in total. The van der Waals surface area contributed by atoms with Gasteiger partial charge in [0.25, 0.3) is 0 Å². The smallest absolute Gasteiger partial charge is 0.307 e. The normalized spacial score (nSPS) is 12.3. The van der Waals surface area contributed by atoms with Crippen molar-refractivity contribution in [1.82, 2.24) is 0 Å². The molecule has 0 radical (unpaired) electrons. The molecule has 1 heterocycles. The second kappa shape index (κ2) is 5.14. The van der Waals surface area contributed by atoms with Crippen molar-refractivity contribution in [3.63, 3.8) is 0 Å². The minimum Gasteiger partial charge on any atom is -0.481 e. The Bertz CT molecular complexity index is 374. The van der Waals surface area contributed by atoms with Gasteiger partial charge in [-0.1, -0.05) is 11.6 Å². The van der Waals surface area contributed by atoms with Crippen molar-refractivity contribution in [2.75, 3.05) is 0 Å². The molecule has 0 aliphatic rings. The Morgan fingerprint density at radius 3 is 2.47 bits per heavy atom. The summed E-state index contributed by atoms with van der Waals surface area (Å²) >= 11 is 6.95. The molecule has 0 aliphatic heterocycles. The predicted molar refractivity (Wildman–Crippen MR) is 56.4 cm³/mol. The highest BCUT2D eigenvalue weighted by atomic mass is 35.5. The molecule has 0 spiro atoms. The summed E-state index contributed by atoms with van der Waals surface area (Å²) < 4.78 is 0.574. The summed E-state index contributed by atoms with van der Waals surface area (Å²) in [5.41, 5.74) is 0. The number of hydrogen-bond donors (Lipinski definition) is 2. The highest BCUT2D eigenvalue weighted by Gasteiger charge is 2.21. The lowest BCUT2D eigenvalue weighted by molar-refractivity contribution is -0.148. The zero-order chi connectivity index (χ0) is 11.4.